The molecule has 0 saturated carbocycles. The van der Waals surface area contributed by atoms with Gasteiger partial charge in [-0.3, -0.25) is 0 Å². The molecule has 4 nitrogen and oxygen atoms in total. The third kappa shape index (κ3) is 4.86. The number of rotatable bonds is 5. The number of thioether (sulfide) groups is 1. The number of carbonyl (C=O) groups is 1. The quantitative estimate of drug-likeness (QED) is 0.365. The number of aromatic amines is 1. The minimum absolute atomic E-state index is 0.160. The number of nitrogens with zero attached hydrogens (tertiary/aromatic N) is 1. The van der Waals surface area contributed by atoms with Gasteiger partial charge in [-0.1, -0.05) is 64.8 Å². The normalized spacial score (nSPS) is 16.4. The topological polar surface area (TPSA) is 55.0 Å². The van der Waals surface area contributed by atoms with Crippen LogP contribution in [0.3, 0.4) is 0 Å². The predicted molar refractivity (Wildman–Crippen MR) is 118 cm³/mol. The second-order valence-corrected chi connectivity index (χ2v) is 8.73. The summed E-state index contributed by atoms with van der Waals surface area (Å²) >= 11 is 13.9. The van der Waals surface area contributed by atoms with Gasteiger partial charge < -0.3 is 9.72 Å². The molecule has 0 spiro atoms. The minimum Gasteiger partial charge on any atom is -0.458 e. The molecule has 1 aliphatic rings. The lowest BCUT2D eigenvalue weighted by Crippen LogP contribution is -2.24. The Morgan fingerprint density at radius 1 is 1.14 bits per heavy atom. The fourth-order valence-electron chi connectivity index (χ4n) is 3.24. The average molecular weight is 445 g/mol. The summed E-state index contributed by atoms with van der Waals surface area (Å²) in [6.07, 6.45) is 2.12. The van der Waals surface area contributed by atoms with Gasteiger partial charge in [-0.15, -0.1) is 0 Å². The number of carbonyl (C=O) groups excluding carboxylic acids is 1. The van der Waals surface area contributed by atoms with Crippen LogP contribution in [-0.2, 0) is 9.53 Å². The van der Waals surface area contributed by atoms with Crippen molar-refractivity contribution in [2.45, 2.75) is 24.6 Å². The van der Waals surface area contributed by atoms with Crippen LogP contribution in [-0.4, -0.2) is 27.8 Å². The summed E-state index contributed by atoms with van der Waals surface area (Å²) < 4.78 is 5.40. The molecule has 0 unspecified atom stereocenters. The molecule has 29 heavy (non-hydrogen) atoms. The number of ether oxygens (including phenoxy) is 1. The molecule has 0 aliphatic carbocycles. The molecule has 0 bridgehead atoms. The maximum atomic E-state index is 11.6. The number of hydrogen-bond acceptors (Lipinski definition) is 4. The summed E-state index contributed by atoms with van der Waals surface area (Å²) in [7, 11) is 0. The molecule has 1 aliphatic heterocycles. The zero-order chi connectivity index (χ0) is 20.4. The molecular formula is C22H18Cl2N2O2S. The number of nitrogens with one attached hydrogen (secondary N) is 1. The third-order valence-electron chi connectivity index (χ3n) is 4.50. The first-order valence-electron chi connectivity index (χ1n) is 9.10. The largest absolute Gasteiger partial charge is 0.458 e. The van der Waals surface area contributed by atoms with Crippen molar-refractivity contribution in [2.24, 2.45) is 0 Å². The number of cyclic esters (lactones) is 1. The van der Waals surface area contributed by atoms with Gasteiger partial charge in [0.1, 0.15) is 6.10 Å². The van der Waals surface area contributed by atoms with E-state index in [-0.39, 0.29) is 12.1 Å². The van der Waals surface area contributed by atoms with Gasteiger partial charge in [0.25, 0.3) is 0 Å². The Labute approximate surface area is 183 Å². The van der Waals surface area contributed by atoms with E-state index < -0.39 is 0 Å². The van der Waals surface area contributed by atoms with E-state index in [9.17, 15) is 4.79 Å². The van der Waals surface area contributed by atoms with Crippen LogP contribution in [0.4, 0.5) is 0 Å². The molecule has 4 rings (SSSR count). The Morgan fingerprint density at radius 2 is 1.83 bits per heavy atom. The minimum atomic E-state index is -0.280. The fraction of sp³-hybridized carbons (Fsp3) is 0.182. The Balaban J connectivity index is 1.64. The van der Waals surface area contributed by atoms with E-state index in [4.69, 9.17) is 32.9 Å². The smallest absolute Gasteiger partial charge is 0.331 e. The van der Waals surface area contributed by atoms with Crippen LogP contribution < -0.4 is 0 Å². The van der Waals surface area contributed by atoms with Gasteiger partial charge in [0.2, 0.25) is 0 Å². The monoisotopic (exact) mass is 444 g/mol. The molecule has 2 aromatic carbocycles. The van der Waals surface area contributed by atoms with E-state index >= 15 is 0 Å². The molecule has 2 heterocycles. The Kier molecular flexibility index (Phi) is 5.99. The van der Waals surface area contributed by atoms with Gasteiger partial charge >= 0.3 is 5.97 Å². The molecule has 1 aromatic heterocycles. The maximum absolute atomic E-state index is 11.6. The lowest BCUT2D eigenvalue weighted by molar-refractivity contribution is -0.143. The zero-order valence-corrected chi connectivity index (χ0v) is 17.9. The Hall–Kier alpha value is -2.21. The van der Waals surface area contributed by atoms with Crippen LogP contribution >= 0.6 is 35.0 Å². The third-order valence-corrected chi connectivity index (χ3v) is 5.97. The number of imidazole rings is 1. The Morgan fingerprint density at radius 3 is 2.52 bits per heavy atom. The van der Waals surface area contributed by atoms with Gasteiger partial charge in [0, 0.05) is 39.4 Å². The van der Waals surface area contributed by atoms with Crippen molar-refractivity contribution < 1.29 is 9.53 Å². The molecular weight excluding hydrogens is 427 g/mol. The summed E-state index contributed by atoms with van der Waals surface area (Å²) in [5.41, 5.74) is 4.56. The molecule has 0 amide bonds. The highest BCUT2D eigenvalue weighted by molar-refractivity contribution is 7.99. The molecule has 0 fully saturated rings. The predicted octanol–water partition coefficient (Wildman–Crippen LogP) is 6.40. The zero-order valence-electron chi connectivity index (χ0n) is 15.6. The summed E-state index contributed by atoms with van der Waals surface area (Å²) in [5, 5.41) is 2.05. The van der Waals surface area contributed by atoms with Gasteiger partial charge in [-0.25, -0.2) is 9.78 Å². The highest BCUT2D eigenvalue weighted by Crippen LogP contribution is 2.35. The van der Waals surface area contributed by atoms with Crippen molar-refractivity contribution in [3.05, 3.63) is 70.2 Å². The summed E-state index contributed by atoms with van der Waals surface area (Å²) in [6.45, 7) is 1.94. The van der Waals surface area contributed by atoms with Crippen molar-refractivity contribution in [2.75, 3.05) is 5.75 Å². The van der Waals surface area contributed by atoms with Crippen molar-refractivity contribution >= 4 is 40.9 Å². The van der Waals surface area contributed by atoms with Crippen LogP contribution in [0.5, 0.6) is 0 Å². The fourth-order valence-corrected chi connectivity index (χ4v) is 4.48. The van der Waals surface area contributed by atoms with E-state index in [1.54, 1.807) is 6.08 Å². The first-order valence-corrected chi connectivity index (χ1v) is 10.8. The molecule has 0 radical (unpaired) electrons. The van der Waals surface area contributed by atoms with Gasteiger partial charge in [0.15, 0.2) is 5.16 Å². The van der Waals surface area contributed by atoms with Crippen molar-refractivity contribution in [1.29, 1.82) is 0 Å². The van der Waals surface area contributed by atoms with Crippen LogP contribution in [0.25, 0.3) is 22.5 Å². The van der Waals surface area contributed by atoms with Gasteiger partial charge in [-0.2, -0.15) is 0 Å². The summed E-state index contributed by atoms with van der Waals surface area (Å²) in [4.78, 5) is 19.8. The number of hydrogen-bond donors (Lipinski definition) is 1. The molecule has 3 aromatic rings. The van der Waals surface area contributed by atoms with Gasteiger partial charge in [0.05, 0.1) is 11.4 Å². The van der Waals surface area contributed by atoms with Crippen LogP contribution in [0, 0.1) is 0 Å². The maximum Gasteiger partial charge on any atom is 0.331 e. The molecule has 0 saturated heterocycles. The van der Waals surface area contributed by atoms with Crippen LogP contribution in [0.1, 0.15) is 13.3 Å². The molecule has 148 valence electrons. The van der Waals surface area contributed by atoms with E-state index in [0.29, 0.717) is 15.8 Å². The highest BCUT2D eigenvalue weighted by atomic mass is 35.5. The number of esters is 1. The van der Waals surface area contributed by atoms with Gasteiger partial charge in [-0.05, 0) is 31.2 Å². The Bertz CT molecular complexity index is 1030. The number of halogens is 2. The lowest BCUT2D eigenvalue weighted by Gasteiger charge is -2.20. The van der Waals surface area contributed by atoms with Crippen molar-refractivity contribution in [3.63, 3.8) is 0 Å². The van der Waals surface area contributed by atoms with Crippen LogP contribution in [0.15, 0.2) is 65.3 Å². The van der Waals surface area contributed by atoms with Crippen molar-refractivity contribution in [1.82, 2.24) is 9.97 Å². The number of benzene rings is 2. The van der Waals surface area contributed by atoms with Crippen molar-refractivity contribution in [3.8, 4) is 22.5 Å². The van der Waals surface area contributed by atoms with Crippen LogP contribution in [0.2, 0.25) is 10.0 Å². The first-order chi connectivity index (χ1) is 14.0. The highest BCUT2D eigenvalue weighted by Gasteiger charge is 2.21. The lowest BCUT2D eigenvalue weighted by atomic mass is 10.1. The second-order valence-electron chi connectivity index (χ2n) is 6.85. The summed E-state index contributed by atoms with van der Waals surface area (Å²) in [6, 6.07) is 15.2. The first kappa shape index (κ1) is 20.1. The molecule has 7 heteroatoms. The van der Waals surface area contributed by atoms with E-state index in [1.807, 2.05) is 55.5 Å². The number of H-pyrrole nitrogens is 1. The SMILES string of the molecule is CC1=CC(=O)O[C@H](CSc2nc(-c3cccc(Cl)c3)c(-c3cccc(Cl)c3)[nH]2)C1. The molecule has 1 N–H and O–H groups in total. The second kappa shape index (κ2) is 8.66. The standard InChI is InChI=1S/C22H18Cl2N2O2S/c1-13-8-18(28-19(27)9-13)12-29-22-25-20(14-4-2-6-16(23)10-14)21(26-22)15-5-3-7-17(24)11-15/h2-7,9-11,18H,8,12H2,1H3,(H,25,26)/t18-/m0/s1. The van der Waals surface area contributed by atoms with E-state index in [1.165, 1.54) is 11.8 Å². The number of aromatic nitrogens is 2. The summed E-state index contributed by atoms with van der Waals surface area (Å²) in [5.74, 6) is 0.340. The average Bonchev–Trinajstić information content (AvgIpc) is 3.10. The van der Waals surface area contributed by atoms with E-state index in [2.05, 4.69) is 4.98 Å². The molecule has 1 atom stereocenters. The van der Waals surface area contributed by atoms with E-state index in [0.717, 1.165) is 39.7 Å².